The normalized spacial score (nSPS) is 13.0. The summed E-state index contributed by atoms with van der Waals surface area (Å²) in [7, 11) is 0. The van der Waals surface area contributed by atoms with Crippen molar-refractivity contribution in [2.24, 2.45) is 0 Å². The molecule has 0 fully saturated rings. The van der Waals surface area contributed by atoms with Gasteiger partial charge in [0.05, 0.1) is 51.3 Å². The summed E-state index contributed by atoms with van der Waals surface area (Å²) >= 11 is 0. The van der Waals surface area contributed by atoms with Crippen LogP contribution in [0.15, 0.2) is 30.3 Å². The van der Waals surface area contributed by atoms with E-state index in [1.54, 1.807) is 0 Å². The molecule has 7 heteroatoms. The molecule has 326 valence electrons. The first-order chi connectivity index (χ1) is 30.0. The second-order valence-electron chi connectivity index (χ2n) is 18.7. The third-order valence-corrected chi connectivity index (χ3v) is 16.2. The van der Waals surface area contributed by atoms with Crippen LogP contribution in [0, 0.1) is 133 Å². The fourth-order valence-electron chi connectivity index (χ4n) is 10.9. The quantitative estimate of drug-likeness (QED) is 0.178. The average Bonchev–Trinajstić information content (AvgIpc) is 3.28. The lowest BCUT2D eigenvalue weighted by Gasteiger charge is -2.42. The lowest BCUT2D eigenvalue weighted by atomic mass is 9.79. The van der Waals surface area contributed by atoms with Gasteiger partial charge in [0.2, 0.25) is 0 Å². The van der Waals surface area contributed by atoms with Gasteiger partial charge in [-0.3, -0.25) is 0 Å². The Morgan fingerprint density at radius 2 is 0.734 bits per heavy atom. The van der Waals surface area contributed by atoms with Gasteiger partial charge in [0, 0.05) is 12.8 Å². The molecule has 0 amide bonds. The van der Waals surface area contributed by atoms with E-state index >= 15 is 0 Å². The first kappa shape index (κ1) is 44.3. The van der Waals surface area contributed by atoms with Crippen molar-refractivity contribution >= 4 is 34.1 Å². The molecule has 6 aromatic carbocycles. The molecule has 0 unspecified atom stereocenters. The maximum Gasteiger partial charge on any atom is 0.416 e. The Kier molecular flexibility index (Phi) is 10.5. The highest BCUT2D eigenvalue weighted by Crippen LogP contribution is 2.57. The van der Waals surface area contributed by atoms with Gasteiger partial charge >= 0.3 is 6.18 Å². The lowest BCUT2D eigenvalue weighted by Crippen LogP contribution is -2.27. The van der Waals surface area contributed by atoms with E-state index in [0.29, 0.717) is 28.1 Å². The summed E-state index contributed by atoms with van der Waals surface area (Å²) in [5, 5.41) is 22.6. The number of nitrogens with zero attached hydrogens (tertiary/aromatic N) is 4. The van der Waals surface area contributed by atoms with Gasteiger partial charge in [-0.2, -0.15) is 23.7 Å². The Hall–Kier alpha value is -6.31. The molecule has 4 nitrogen and oxygen atoms in total. The molecular weight excluding hydrogens is 798 g/mol. The van der Waals surface area contributed by atoms with Gasteiger partial charge in [0.25, 0.3) is 0 Å². The minimum Gasteiger partial charge on any atom is -0.308 e. The smallest absolute Gasteiger partial charge is 0.308 e. The lowest BCUT2D eigenvalue weighted by molar-refractivity contribution is -0.137. The van der Waals surface area contributed by atoms with Gasteiger partial charge in [0.15, 0.2) is 0 Å². The molecule has 0 aliphatic carbocycles. The summed E-state index contributed by atoms with van der Waals surface area (Å²) in [6, 6.07) is 12.2. The number of hydrogen-bond acceptors (Lipinski definition) is 4. The van der Waals surface area contributed by atoms with Crippen molar-refractivity contribution in [3.63, 3.8) is 0 Å². The molecule has 64 heavy (non-hydrogen) atoms. The highest BCUT2D eigenvalue weighted by atomic mass is 19.4. The third-order valence-electron chi connectivity index (χ3n) is 16.2. The molecule has 0 aromatic heterocycles. The van der Waals surface area contributed by atoms with Crippen LogP contribution in [0.4, 0.5) is 47.3 Å². The summed E-state index contributed by atoms with van der Waals surface area (Å²) in [6.45, 7) is 34.7. The summed E-state index contributed by atoms with van der Waals surface area (Å²) < 4.78 is 42.8. The van der Waals surface area contributed by atoms with Crippen LogP contribution >= 0.6 is 0 Å². The average molecular weight is 855 g/mol. The number of alkyl halides is 3. The number of hydrogen-bond donors (Lipinski definition) is 0. The summed E-state index contributed by atoms with van der Waals surface area (Å²) in [6.07, 6.45) is -3.20. The minimum atomic E-state index is -4.64. The Balaban J connectivity index is 1.64. The maximum absolute atomic E-state index is 14.3. The van der Waals surface area contributed by atoms with E-state index < -0.39 is 11.7 Å². The first-order valence-electron chi connectivity index (χ1n) is 22.2. The highest BCUT2D eigenvalue weighted by molar-refractivity contribution is 5.99. The molecule has 8 rings (SSSR count). The topological polar surface area (TPSA) is 54.1 Å². The minimum absolute atomic E-state index is 0.0932. The molecular formula is C57H57F3N4. The van der Waals surface area contributed by atoms with Crippen LogP contribution in [0.2, 0.25) is 0 Å². The molecule has 2 aliphatic heterocycles. The van der Waals surface area contributed by atoms with Crippen molar-refractivity contribution in [3.8, 4) is 23.3 Å². The molecule has 0 bridgehead atoms. The molecule has 2 heterocycles. The molecule has 0 atom stereocenters. The second kappa shape index (κ2) is 15.2. The fraction of sp³-hybridized carbons (Fsp3) is 0.333. The van der Waals surface area contributed by atoms with Crippen LogP contribution in [0.5, 0.6) is 0 Å². The van der Waals surface area contributed by atoms with Gasteiger partial charge in [0.1, 0.15) is 11.6 Å². The Labute approximate surface area is 377 Å². The van der Waals surface area contributed by atoms with Crippen LogP contribution in [0.25, 0.3) is 11.1 Å². The summed E-state index contributed by atoms with van der Waals surface area (Å²) in [5.74, 6) is 0. The van der Waals surface area contributed by atoms with Crippen molar-refractivity contribution in [3.05, 3.63) is 158 Å². The predicted molar refractivity (Wildman–Crippen MR) is 257 cm³/mol. The molecule has 2 aliphatic rings. The molecule has 0 saturated heterocycles. The van der Waals surface area contributed by atoms with Crippen LogP contribution in [0.1, 0.15) is 128 Å². The molecule has 6 aromatic rings. The van der Waals surface area contributed by atoms with Crippen molar-refractivity contribution in [2.75, 3.05) is 9.80 Å². The largest absolute Gasteiger partial charge is 0.416 e. The third kappa shape index (κ3) is 6.14. The van der Waals surface area contributed by atoms with E-state index in [-0.39, 0.29) is 5.56 Å². The Morgan fingerprint density at radius 1 is 0.422 bits per heavy atom. The summed E-state index contributed by atoms with van der Waals surface area (Å²) in [5.41, 5.74) is 29.2. The predicted octanol–water partition coefficient (Wildman–Crippen LogP) is 15.8. The van der Waals surface area contributed by atoms with Crippen LogP contribution in [-0.2, 0) is 19.0 Å². The van der Waals surface area contributed by atoms with Crippen molar-refractivity contribution in [1.29, 1.82) is 10.5 Å². The Bertz CT molecular complexity index is 2880. The Morgan fingerprint density at radius 3 is 1.02 bits per heavy atom. The number of nitriles is 2. The fourth-order valence-corrected chi connectivity index (χ4v) is 10.9. The zero-order valence-corrected chi connectivity index (χ0v) is 40.2. The van der Waals surface area contributed by atoms with Crippen LogP contribution < -0.4 is 9.80 Å². The standard InChI is InChI=1S/C57H57F3N4/c1-26-30(5)38(13)53-46(34(26)9)22-47-35(10)27(2)31(6)39(14)54(47)63(53)51-20-42(45-18-17-44(57(58,59)60)19-43(45)24-61)21-52(50(51)25-62)64-55-40(15)32(7)28(3)36(11)48(55)23-49-37(12)29(4)33(8)41(16)56(49)64/h17-21H,22-23H2,1-16H3. The zero-order valence-electron chi connectivity index (χ0n) is 40.2. The van der Waals surface area contributed by atoms with Crippen LogP contribution in [-0.4, -0.2) is 0 Å². The molecule has 0 N–H and O–H groups in total. The molecule has 0 saturated carbocycles. The maximum atomic E-state index is 14.3. The monoisotopic (exact) mass is 854 g/mol. The van der Waals surface area contributed by atoms with Crippen LogP contribution in [0.3, 0.4) is 0 Å². The second-order valence-corrected chi connectivity index (χ2v) is 18.7. The molecule has 0 radical (unpaired) electrons. The number of anilines is 6. The van der Waals surface area contributed by atoms with Gasteiger partial charge in [-0.15, -0.1) is 0 Å². The van der Waals surface area contributed by atoms with Gasteiger partial charge in [-0.05, 0) is 257 Å². The van der Waals surface area contributed by atoms with E-state index in [0.717, 1.165) is 70.0 Å². The SMILES string of the molecule is Cc1c(C)c(C)c2c(c1C)Cc1c(C)c(C)c(C)c(C)c1N2c1cc(-c2ccc(C(F)(F)F)cc2C#N)cc(N2c3c(C)c(C)c(C)c(C)c3Cc3c(C)c(C)c(C)c(C)c32)c1C#N. The first-order valence-corrected chi connectivity index (χ1v) is 22.2. The van der Waals surface area contributed by atoms with E-state index in [1.807, 2.05) is 12.1 Å². The van der Waals surface area contributed by atoms with E-state index in [2.05, 4.69) is 133 Å². The van der Waals surface area contributed by atoms with Gasteiger partial charge in [-0.1, -0.05) is 6.07 Å². The van der Waals surface area contributed by atoms with E-state index in [1.165, 1.54) is 95.1 Å². The van der Waals surface area contributed by atoms with E-state index in [4.69, 9.17) is 0 Å². The highest BCUT2D eigenvalue weighted by Gasteiger charge is 2.39. The number of halogens is 3. The van der Waals surface area contributed by atoms with Crippen molar-refractivity contribution in [1.82, 2.24) is 0 Å². The number of benzene rings is 6. The van der Waals surface area contributed by atoms with Crippen molar-refractivity contribution in [2.45, 2.75) is 130 Å². The van der Waals surface area contributed by atoms with Gasteiger partial charge < -0.3 is 9.80 Å². The van der Waals surface area contributed by atoms with Crippen molar-refractivity contribution < 1.29 is 13.2 Å². The summed E-state index contributed by atoms with van der Waals surface area (Å²) in [4.78, 5) is 4.59. The van der Waals surface area contributed by atoms with Gasteiger partial charge in [-0.25, -0.2) is 0 Å². The zero-order chi connectivity index (χ0) is 46.9. The number of rotatable bonds is 3. The molecule has 0 spiro atoms. The van der Waals surface area contributed by atoms with E-state index in [9.17, 15) is 23.7 Å². The number of fused-ring (bicyclic) bond motifs is 4.